The van der Waals surface area contributed by atoms with Crippen LogP contribution in [0.3, 0.4) is 0 Å². The van der Waals surface area contributed by atoms with E-state index >= 15 is 0 Å². The predicted molar refractivity (Wildman–Crippen MR) is 208 cm³/mol. The highest BCUT2D eigenvalue weighted by Gasteiger charge is 2.11. The van der Waals surface area contributed by atoms with Gasteiger partial charge in [0.1, 0.15) is 0 Å². The van der Waals surface area contributed by atoms with E-state index in [0.717, 1.165) is 77.0 Å². The lowest BCUT2D eigenvalue weighted by atomic mass is 9.91. The molecule has 6 aromatic carbocycles. The number of aliphatic imine (C=N–C) groups is 1. The number of allylic oxidation sites excluding steroid dienone is 1. The monoisotopic (exact) mass is 616 g/mol. The van der Waals surface area contributed by atoms with E-state index in [1.54, 1.807) is 0 Å². The van der Waals surface area contributed by atoms with Gasteiger partial charge in [-0.25, -0.2) is 0 Å². The molecule has 0 amide bonds. The number of hydrogen-bond acceptors (Lipinski definition) is 2. The molecule has 48 heavy (non-hydrogen) atoms. The van der Waals surface area contributed by atoms with Crippen molar-refractivity contribution in [2.24, 2.45) is 4.99 Å². The zero-order valence-corrected chi connectivity index (χ0v) is 27.3. The van der Waals surface area contributed by atoms with Crippen molar-refractivity contribution < 1.29 is 0 Å². The molecule has 0 saturated heterocycles. The Kier molecular flexibility index (Phi) is 8.47. The summed E-state index contributed by atoms with van der Waals surface area (Å²) in [7, 11) is 0. The summed E-state index contributed by atoms with van der Waals surface area (Å²) >= 11 is 0. The molecule has 0 aliphatic carbocycles. The Morgan fingerprint density at radius 2 is 1.31 bits per heavy atom. The van der Waals surface area contributed by atoms with Crippen molar-refractivity contribution in [1.29, 1.82) is 0 Å². The van der Waals surface area contributed by atoms with Crippen LogP contribution in [-0.4, -0.2) is 11.2 Å². The minimum absolute atomic E-state index is 0.921. The lowest BCUT2D eigenvalue weighted by Gasteiger charge is -2.14. The molecule has 1 heterocycles. The van der Waals surface area contributed by atoms with Gasteiger partial charge >= 0.3 is 0 Å². The fraction of sp³-hybridized carbons (Fsp3) is 0.0435. The molecule has 0 radical (unpaired) electrons. The van der Waals surface area contributed by atoms with E-state index < -0.39 is 0 Å². The first-order valence-corrected chi connectivity index (χ1v) is 16.3. The molecule has 0 fully saturated rings. The predicted octanol–water partition coefficient (Wildman–Crippen LogP) is 10.7. The van der Waals surface area contributed by atoms with Gasteiger partial charge in [-0.05, 0) is 116 Å². The largest absolute Gasteiger partial charge is 0.264 e. The number of aromatic nitrogens is 1. The van der Waals surface area contributed by atoms with E-state index in [9.17, 15) is 0 Å². The van der Waals surface area contributed by atoms with Crippen molar-refractivity contribution in [2.45, 2.75) is 13.8 Å². The van der Waals surface area contributed by atoms with Gasteiger partial charge in [-0.1, -0.05) is 116 Å². The van der Waals surface area contributed by atoms with Crippen LogP contribution in [0.1, 0.15) is 30.5 Å². The topological polar surface area (TPSA) is 25.2 Å². The number of benzene rings is 6. The fourth-order valence-corrected chi connectivity index (χ4v) is 6.48. The zero-order valence-electron chi connectivity index (χ0n) is 27.3. The standard InChI is InChI=1S/C46H36N2/c1-5-10-36-25-37(20-15-32(36)6-2)42-27-41(28-43(29-42)38-21-22-40-30-47-24-23-39(40)26-38)33-16-18-35(19-17-33)46(48-7-3)45-31(4)13-14-34-11-8-9-12-44(34)45/h5-30H,2,4H2,1,3H3/b10-5-,46-45+,48-7?. The lowest BCUT2D eigenvalue weighted by Crippen LogP contribution is -2.26. The average molecular weight is 617 g/mol. The van der Waals surface area contributed by atoms with Crippen LogP contribution in [0.4, 0.5) is 0 Å². The van der Waals surface area contributed by atoms with Crippen molar-refractivity contribution in [2.75, 3.05) is 0 Å². The van der Waals surface area contributed by atoms with Gasteiger partial charge in [0, 0.05) is 34.8 Å². The number of rotatable bonds is 7. The molecule has 0 spiro atoms. The number of nitrogens with zero attached hydrogens (tertiary/aromatic N) is 2. The van der Waals surface area contributed by atoms with Crippen LogP contribution in [0.25, 0.3) is 79.4 Å². The van der Waals surface area contributed by atoms with Gasteiger partial charge in [0.05, 0.1) is 5.70 Å². The second-order valence-electron chi connectivity index (χ2n) is 11.9. The Labute approximate surface area is 282 Å². The molecule has 0 N–H and O–H groups in total. The third kappa shape index (κ3) is 5.92. The lowest BCUT2D eigenvalue weighted by molar-refractivity contribution is 1.36. The van der Waals surface area contributed by atoms with E-state index in [2.05, 4.69) is 152 Å². The average Bonchev–Trinajstić information content (AvgIpc) is 3.14. The summed E-state index contributed by atoms with van der Waals surface area (Å²) in [5.74, 6) is 0. The van der Waals surface area contributed by atoms with Crippen LogP contribution < -0.4 is 10.4 Å². The Balaban J connectivity index is 1.40. The summed E-state index contributed by atoms with van der Waals surface area (Å²) in [5.41, 5.74) is 11.2. The molecule has 230 valence electrons. The normalized spacial score (nSPS) is 12.3. The van der Waals surface area contributed by atoms with Crippen molar-refractivity contribution >= 4 is 52.2 Å². The third-order valence-electron chi connectivity index (χ3n) is 8.90. The summed E-state index contributed by atoms with van der Waals surface area (Å²) in [5, 5.41) is 6.65. The first-order chi connectivity index (χ1) is 23.6. The molecule has 0 aliphatic heterocycles. The van der Waals surface area contributed by atoms with Gasteiger partial charge in [-0.15, -0.1) is 0 Å². The molecule has 0 atom stereocenters. The molecule has 2 nitrogen and oxygen atoms in total. The molecule has 0 bridgehead atoms. The van der Waals surface area contributed by atoms with Gasteiger partial charge in [0.15, 0.2) is 0 Å². The maximum atomic E-state index is 4.88. The van der Waals surface area contributed by atoms with Gasteiger partial charge in [0.25, 0.3) is 0 Å². The highest BCUT2D eigenvalue weighted by atomic mass is 14.7. The zero-order chi connectivity index (χ0) is 33.0. The SMILES string of the molecule is C=Cc1ccc(-c2cc(-c3ccc(/C(N=CC)=c4/c(=C)ccc5ccccc45)cc3)cc(-c3ccc4cnccc4c3)c2)cc1/C=C\C. The number of pyridine rings is 1. The fourth-order valence-electron chi connectivity index (χ4n) is 6.48. The van der Waals surface area contributed by atoms with E-state index in [1.165, 1.54) is 10.8 Å². The van der Waals surface area contributed by atoms with Crippen molar-refractivity contribution in [3.8, 4) is 33.4 Å². The first-order valence-electron chi connectivity index (χ1n) is 16.3. The molecule has 0 aliphatic rings. The number of fused-ring (bicyclic) bond motifs is 2. The van der Waals surface area contributed by atoms with Gasteiger partial charge in [-0.2, -0.15) is 0 Å². The van der Waals surface area contributed by atoms with Crippen molar-refractivity contribution in [3.05, 3.63) is 174 Å². The van der Waals surface area contributed by atoms with Gasteiger partial charge in [0.2, 0.25) is 0 Å². The number of hydrogen-bond donors (Lipinski definition) is 0. The molecular weight excluding hydrogens is 581 g/mol. The highest BCUT2D eigenvalue weighted by molar-refractivity contribution is 5.90. The quantitative estimate of drug-likeness (QED) is 0.164. The Morgan fingerprint density at radius 3 is 2.06 bits per heavy atom. The molecule has 7 rings (SSSR count). The molecular formula is C46H36N2. The molecule has 0 saturated carbocycles. The van der Waals surface area contributed by atoms with Crippen LogP contribution in [0.5, 0.6) is 0 Å². The third-order valence-corrected chi connectivity index (χ3v) is 8.90. The minimum Gasteiger partial charge on any atom is -0.264 e. The van der Waals surface area contributed by atoms with E-state index in [0.29, 0.717) is 0 Å². The van der Waals surface area contributed by atoms with Crippen LogP contribution in [0.15, 0.2) is 151 Å². The summed E-state index contributed by atoms with van der Waals surface area (Å²) in [6.07, 6.45) is 11.7. The van der Waals surface area contributed by atoms with Crippen LogP contribution >= 0.6 is 0 Å². The molecule has 0 unspecified atom stereocenters. The molecule has 2 heteroatoms. The maximum Gasteiger partial charge on any atom is 0.0782 e. The van der Waals surface area contributed by atoms with E-state index in [4.69, 9.17) is 4.99 Å². The first kappa shape index (κ1) is 30.5. The second kappa shape index (κ2) is 13.3. The summed E-state index contributed by atoms with van der Waals surface area (Å²) in [4.78, 5) is 9.19. The highest BCUT2D eigenvalue weighted by Crippen LogP contribution is 2.35. The minimum atomic E-state index is 0.921. The van der Waals surface area contributed by atoms with Gasteiger partial charge in [-0.3, -0.25) is 9.98 Å². The maximum absolute atomic E-state index is 4.88. The molecule has 7 aromatic rings. The summed E-state index contributed by atoms with van der Waals surface area (Å²) in [6.45, 7) is 12.4. The Morgan fingerprint density at radius 1 is 0.625 bits per heavy atom. The van der Waals surface area contributed by atoms with Crippen LogP contribution in [0, 0.1) is 0 Å². The summed E-state index contributed by atoms with van der Waals surface area (Å²) < 4.78 is 0. The van der Waals surface area contributed by atoms with Crippen molar-refractivity contribution in [1.82, 2.24) is 4.98 Å². The summed E-state index contributed by atoms with van der Waals surface area (Å²) in [6, 6.07) is 43.5. The second-order valence-corrected chi connectivity index (χ2v) is 11.9. The van der Waals surface area contributed by atoms with Crippen LogP contribution in [-0.2, 0) is 0 Å². The Bertz CT molecular complexity index is 2500. The smallest absolute Gasteiger partial charge is 0.0782 e. The van der Waals surface area contributed by atoms with Gasteiger partial charge < -0.3 is 0 Å². The van der Waals surface area contributed by atoms with Crippen molar-refractivity contribution in [3.63, 3.8) is 0 Å². The van der Waals surface area contributed by atoms with E-state index in [1.807, 2.05) is 38.5 Å². The van der Waals surface area contributed by atoms with Crippen LogP contribution in [0.2, 0.25) is 0 Å². The van der Waals surface area contributed by atoms with E-state index in [-0.39, 0.29) is 0 Å². The molecule has 1 aromatic heterocycles. The Hall–Kier alpha value is -6.12.